The van der Waals surface area contributed by atoms with Gasteiger partial charge in [-0.3, -0.25) is 9.55 Å². The molecule has 8 aromatic rings. The first kappa shape index (κ1) is 25.7. The first-order valence-electron chi connectivity index (χ1n) is 14.8. The van der Waals surface area contributed by atoms with Crippen LogP contribution in [0.1, 0.15) is 0 Å². The highest BCUT2D eigenvalue weighted by Gasteiger charge is 2.17. The number of nitrogens with zero attached hydrogens (tertiary/aromatic N) is 4. The molecular formula is C40H28N4. The van der Waals surface area contributed by atoms with E-state index in [9.17, 15) is 0 Å². The number of imidazole rings is 1. The van der Waals surface area contributed by atoms with Gasteiger partial charge in [-0.25, -0.2) is 4.98 Å². The van der Waals surface area contributed by atoms with Gasteiger partial charge in [0.15, 0.2) is 0 Å². The van der Waals surface area contributed by atoms with Crippen LogP contribution in [0, 0.1) is 0 Å². The second kappa shape index (κ2) is 11.0. The van der Waals surface area contributed by atoms with Crippen LogP contribution in [-0.2, 0) is 0 Å². The molecule has 0 unspecified atom stereocenters. The first-order valence-corrected chi connectivity index (χ1v) is 14.8. The van der Waals surface area contributed by atoms with Gasteiger partial charge in [0.05, 0.1) is 22.2 Å². The Balaban J connectivity index is 1.16. The largest absolute Gasteiger partial charge is 0.311 e. The molecule has 208 valence electrons. The van der Waals surface area contributed by atoms with E-state index in [1.807, 2.05) is 30.5 Å². The van der Waals surface area contributed by atoms with E-state index in [0.29, 0.717) is 0 Å². The van der Waals surface area contributed by atoms with Crippen molar-refractivity contribution in [1.82, 2.24) is 14.5 Å². The monoisotopic (exact) mass is 564 g/mol. The topological polar surface area (TPSA) is 34.0 Å². The Labute approximate surface area is 256 Å². The molecule has 2 heterocycles. The number of para-hydroxylation sites is 4. The Kier molecular flexibility index (Phi) is 6.43. The van der Waals surface area contributed by atoms with Gasteiger partial charge in [0.1, 0.15) is 5.82 Å². The van der Waals surface area contributed by atoms with Crippen LogP contribution in [0.5, 0.6) is 0 Å². The minimum Gasteiger partial charge on any atom is -0.311 e. The molecule has 4 nitrogen and oxygen atoms in total. The van der Waals surface area contributed by atoms with Crippen LogP contribution in [0.2, 0.25) is 0 Å². The third-order valence-electron chi connectivity index (χ3n) is 8.06. The summed E-state index contributed by atoms with van der Waals surface area (Å²) >= 11 is 0. The van der Waals surface area contributed by atoms with Crippen molar-refractivity contribution < 1.29 is 0 Å². The van der Waals surface area contributed by atoms with Gasteiger partial charge in [-0.1, -0.05) is 91.0 Å². The van der Waals surface area contributed by atoms with Crippen molar-refractivity contribution in [3.63, 3.8) is 0 Å². The summed E-state index contributed by atoms with van der Waals surface area (Å²) in [5, 5.41) is 1.09. The van der Waals surface area contributed by atoms with Crippen LogP contribution < -0.4 is 4.90 Å². The smallest absolute Gasteiger partial charge is 0.145 e. The molecule has 4 heteroatoms. The van der Waals surface area contributed by atoms with Crippen molar-refractivity contribution in [2.75, 3.05) is 4.90 Å². The van der Waals surface area contributed by atoms with Crippen LogP contribution in [-0.4, -0.2) is 14.5 Å². The molecule has 0 saturated heterocycles. The van der Waals surface area contributed by atoms with Gasteiger partial charge >= 0.3 is 0 Å². The molecule has 2 aromatic heterocycles. The molecule has 0 amide bonds. The summed E-state index contributed by atoms with van der Waals surface area (Å²) < 4.78 is 2.25. The van der Waals surface area contributed by atoms with Crippen molar-refractivity contribution >= 4 is 39.0 Å². The zero-order valence-corrected chi connectivity index (χ0v) is 24.0. The third-order valence-corrected chi connectivity index (χ3v) is 8.06. The number of hydrogen-bond donors (Lipinski definition) is 0. The van der Waals surface area contributed by atoms with Gasteiger partial charge in [0.2, 0.25) is 0 Å². The Morgan fingerprint density at radius 1 is 0.432 bits per heavy atom. The predicted molar refractivity (Wildman–Crippen MR) is 182 cm³/mol. The number of rotatable bonds is 6. The molecular weight excluding hydrogens is 536 g/mol. The van der Waals surface area contributed by atoms with Crippen LogP contribution >= 0.6 is 0 Å². The molecule has 0 atom stereocenters. The number of aromatic nitrogens is 3. The lowest BCUT2D eigenvalue weighted by Crippen LogP contribution is -2.09. The molecule has 0 spiro atoms. The highest BCUT2D eigenvalue weighted by molar-refractivity contribution is 5.92. The summed E-state index contributed by atoms with van der Waals surface area (Å²) in [4.78, 5) is 12.0. The van der Waals surface area contributed by atoms with E-state index in [2.05, 4.69) is 154 Å². The fourth-order valence-electron chi connectivity index (χ4n) is 5.96. The average molecular weight is 565 g/mol. The Hall–Kier alpha value is -6.00. The van der Waals surface area contributed by atoms with E-state index >= 15 is 0 Å². The van der Waals surface area contributed by atoms with Crippen molar-refractivity contribution in [3.8, 4) is 28.2 Å². The predicted octanol–water partition coefficient (Wildman–Crippen LogP) is 10.4. The van der Waals surface area contributed by atoms with Crippen molar-refractivity contribution in [3.05, 3.63) is 170 Å². The number of fused-ring (bicyclic) bond motifs is 2. The number of anilines is 3. The summed E-state index contributed by atoms with van der Waals surface area (Å²) in [6, 6.07) is 57.1. The summed E-state index contributed by atoms with van der Waals surface area (Å²) in [6.07, 6.45) is 1.84. The molecule has 0 fully saturated rings. The van der Waals surface area contributed by atoms with Gasteiger partial charge in [-0.15, -0.1) is 0 Å². The van der Waals surface area contributed by atoms with Crippen LogP contribution in [0.3, 0.4) is 0 Å². The Morgan fingerprint density at radius 3 is 1.70 bits per heavy atom. The van der Waals surface area contributed by atoms with Crippen molar-refractivity contribution in [2.24, 2.45) is 0 Å². The number of benzene rings is 6. The van der Waals surface area contributed by atoms with E-state index < -0.39 is 0 Å². The van der Waals surface area contributed by atoms with Gasteiger partial charge in [-0.2, -0.15) is 0 Å². The van der Waals surface area contributed by atoms with Gasteiger partial charge < -0.3 is 4.90 Å². The van der Waals surface area contributed by atoms with E-state index in [4.69, 9.17) is 4.98 Å². The average Bonchev–Trinajstić information content (AvgIpc) is 3.49. The van der Waals surface area contributed by atoms with E-state index in [1.165, 1.54) is 0 Å². The summed E-state index contributed by atoms with van der Waals surface area (Å²) in [5.41, 5.74) is 10.8. The van der Waals surface area contributed by atoms with Crippen LogP contribution in [0.15, 0.2) is 170 Å². The maximum atomic E-state index is 5.09. The molecule has 0 N–H and O–H groups in total. The zero-order chi connectivity index (χ0) is 29.3. The molecule has 0 aliphatic carbocycles. The maximum Gasteiger partial charge on any atom is 0.145 e. The Morgan fingerprint density at radius 2 is 1.00 bits per heavy atom. The molecule has 0 radical (unpaired) electrons. The molecule has 0 saturated carbocycles. The minimum atomic E-state index is 0.908. The van der Waals surface area contributed by atoms with Crippen molar-refractivity contribution in [1.29, 1.82) is 0 Å². The quantitative estimate of drug-likeness (QED) is 0.201. The van der Waals surface area contributed by atoms with E-state index in [0.717, 1.165) is 67.2 Å². The van der Waals surface area contributed by atoms with Gasteiger partial charge in [0, 0.05) is 34.2 Å². The lowest BCUT2D eigenvalue weighted by Gasteiger charge is -2.25. The first-order chi connectivity index (χ1) is 21.8. The number of pyridine rings is 1. The fraction of sp³-hybridized carbons (Fsp3) is 0. The Bertz CT molecular complexity index is 2160. The third kappa shape index (κ3) is 4.59. The second-order valence-electron chi connectivity index (χ2n) is 10.7. The number of hydrogen-bond acceptors (Lipinski definition) is 3. The van der Waals surface area contributed by atoms with Crippen LogP contribution in [0.25, 0.3) is 50.1 Å². The maximum absolute atomic E-state index is 5.09. The molecule has 8 rings (SSSR count). The van der Waals surface area contributed by atoms with E-state index in [-0.39, 0.29) is 0 Å². The molecule has 6 aromatic carbocycles. The standard InChI is InChI=1S/C40H28N4/c1-3-11-32(12-4-1)43(33-13-5-2-6-14-33)34-26-24-30(25-27-34)29-20-22-31(23-21-29)40-42-37-16-7-8-18-39(37)44(40)38-19-9-17-36-35(38)15-10-28-41-36/h1-28H. The minimum absolute atomic E-state index is 0.908. The summed E-state index contributed by atoms with van der Waals surface area (Å²) in [5.74, 6) is 0.908. The van der Waals surface area contributed by atoms with E-state index in [1.54, 1.807) is 0 Å². The molecule has 0 bridgehead atoms. The summed E-state index contributed by atoms with van der Waals surface area (Å²) in [6.45, 7) is 0. The van der Waals surface area contributed by atoms with Gasteiger partial charge in [-0.05, 0) is 83.9 Å². The lowest BCUT2D eigenvalue weighted by atomic mass is 10.0. The molecule has 0 aliphatic rings. The SMILES string of the molecule is c1ccc(N(c2ccccc2)c2ccc(-c3ccc(-c4nc5ccccc5n4-c4cccc5ncccc45)cc3)cc2)cc1. The highest BCUT2D eigenvalue weighted by Crippen LogP contribution is 2.36. The fourth-order valence-corrected chi connectivity index (χ4v) is 5.96. The highest BCUT2D eigenvalue weighted by atomic mass is 15.1. The van der Waals surface area contributed by atoms with Crippen LogP contribution in [0.4, 0.5) is 17.1 Å². The lowest BCUT2D eigenvalue weighted by molar-refractivity contribution is 1.11. The summed E-state index contributed by atoms with van der Waals surface area (Å²) in [7, 11) is 0. The zero-order valence-electron chi connectivity index (χ0n) is 24.0. The van der Waals surface area contributed by atoms with Gasteiger partial charge in [0.25, 0.3) is 0 Å². The van der Waals surface area contributed by atoms with Crippen molar-refractivity contribution in [2.45, 2.75) is 0 Å². The molecule has 44 heavy (non-hydrogen) atoms. The second-order valence-corrected chi connectivity index (χ2v) is 10.7. The molecule has 0 aliphatic heterocycles. The normalized spacial score (nSPS) is 11.2.